The molecule has 1 aliphatic heterocycles. The predicted molar refractivity (Wildman–Crippen MR) is 135 cm³/mol. The Balaban J connectivity index is 1.80. The van der Waals surface area contributed by atoms with Gasteiger partial charge in [-0.3, -0.25) is 9.80 Å². The van der Waals surface area contributed by atoms with Crippen LogP contribution in [0.15, 0.2) is 42.5 Å². The van der Waals surface area contributed by atoms with Crippen molar-refractivity contribution in [2.45, 2.75) is 32.9 Å². The third-order valence-corrected chi connectivity index (χ3v) is 5.78. The highest BCUT2D eigenvalue weighted by molar-refractivity contribution is 6.33. The molecule has 1 amide bonds. The molecule has 5 nitrogen and oxygen atoms in total. The maximum Gasteiger partial charge on any atom is 0.410 e. The van der Waals surface area contributed by atoms with Crippen LogP contribution in [0.4, 0.5) is 4.79 Å². The van der Waals surface area contributed by atoms with Crippen molar-refractivity contribution in [2.75, 3.05) is 46.8 Å². The molecule has 176 valence electrons. The highest BCUT2D eigenvalue weighted by Gasteiger charge is 2.26. The summed E-state index contributed by atoms with van der Waals surface area (Å²) in [7, 11) is 3.99. The quantitative estimate of drug-likeness (QED) is 0.594. The second kappa shape index (κ2) is 11.1. The zero-order valence-corrected chi connectivity index (χ0v) is 21.1. The van der Waals surface area contributed by atoms with Crippen LogP contribution in [0, 0.1) is 11.8 Å². The molecular formula is C27H34ClN3O2. The topological polar surface area (TPSA) is 36.0 Å². The molecule has 1 aliphatic rings. The van der Waals surface area contributed by atoms with Crippen molar-refractivity contribution >= 4 is 17.7 Å². The van der Waals surface area contributed by atoms with Gasteiger partial charge >= 0.3 is 6.09 Å². The van der Waals surface area contributed by atoms with Crippen LogP contribution in [0.1, 0.15) is 31.9 Å². The summed E-state index contributed by atoms with van der Waals surface area (Å²) in [5, 5.41) is 0.706. The van der Waals surface area contributed by atoms with Crippen molar-refractivity contribution in [2.24, 2.45) is 0 Å². The third-order valence-electron chi connectivity index (χ3n) is 5.35. The van der Waals surface area contributed by atoms with Crippen LogP contribution in [0.2, 0.25) is 5.02 Å². The Bertz CT molecular complexity index is 1010. The Morgan fingerprint density at radius 1 is 1.06 bits per heavy atom. The summed E-state index contributed by atoms with van der Waals surface area (Å²) in [6, 6.07) is 14.4. The lowest BCUT2D eigenvalue weighted by atomic mass is 9.96. The molecule has 33 heavy (non-hydrogen) atoms. The number of hydrogen-bond acceptors (Lipinski definition) is 4. The van der Waals surface area contributed by atoms with Gasteiger partial charge in [-0.15, -0.1) is 0 Å². The standard InChI is InChI=1S/C27H34ClN3O2/c1-27(2,3)33-26(32)31-18-16-30(17-19-31)20-24-23(21-10-7-6-8-11-21)14-13-22(25(24)28)12-9-15-29(4)5/h6-8,10-11,13-14H,15-20H2,1-5H3. The number of carbonyl (C=O) groups excluding carboxylic acids is 1. The van der Waals surface area contributed by atoms with Crippen LogP contribution < -0.4 is 0 Å². The van der Waals surface area contributed by atoms with Gasteiger partial charge in [0.1, 0.15) is 5.60 Å². The summed E-state index contributed by atoms with van der Waals surface area (Å²) in [4.78, 5) is 18.6. The Hall–Kier alpha value is -2.52. The molecule has 1 saturated heterocycles. The second-order valence-corrected chi connectivity index (χ2v) is 9.98. The molecule has 2 aromatic carbocycles. The van der Waals surface area contributed by atoms with Crippen LogP contribution in [-0.2, 0) is 11.3 Å². The first-order chi connectivity index (χ1) is 15.6. The zero-order valence-electron chi connectivity index (χ0n) is 20.3. The Labute approximate surface area is 203 Å². The average Bonchev–Trinajstić information content (AvgIpc) is 2.76. The summed E-state index contributed by atoms with van der Waals surface area (Å²) in [5.41, 5.74) is 3.69. The fourth-order valence-electron chi connectivity index (χ4n) is 3.69. The van der Waals surface area contributed by atoms with Gasteiger partial charge in [-0.05, 0) is 57.6 Å². The van der Waals surface area contributed by atoms with E-state index < -0.39 is 5.60 Å². The Morgan fingerprint density at radius 3 is 2.33 bits per heavy atom. The maximum atomic E-state index is 12.4. The van der Waals surface area contributed by atoms with E-state index in [1.54, 1.807) is 4.90 Å². The number of piperazine rings is 1. The minimum atomic E-state index is -0.486. The number of rotatable bonds is 4. The molecule has 2 aromatic rings. The zero-order chi connectivity index (χ0) is 24.0. The molecular weight excluding hydrogens is 434 g/mol. The lowest BCUT2D eigenvalue weighted by Crippen LogP contribution is -2.49. The smallest absolute Gasteiger partial charge is 0.410 e. The number of benzene rings is 2. The molecule has 0 atom stereocenters. The second-order valence-electron chi connectivity index (χ2n) is 9.60. The van der Waals surface area contributed by atoms with Gasteiger partial charge in [-0.25, -0.2) is 4.79 Å². The molecule has 0 bridgehead atoms. The predicted octanol–water partition coefficient (Wildman–Crippen LogP) is 4.97. The molecule has 3 rings (SSSR count). The van der Waals surface area contributed by atoms with Gasteiger partial charge in [0.25, 0.3) is 0 Å². The van der Waals surface area contributed by atoms with Crippen LogP contribution in [0.5, 0.6) is 0 Å². The van der Waals surface area contributed by atoms with Gasteiger partial charge in [0, 0.05) is 38.3 Å². The highest BCUT2D eigenvalue weighted by atomic mass is 35.5. The lowest BCUT2D eigenvalue weighted by molar-refractivity contribution is 0.0139. The summed E-state index contributed by atoms with van der Waals surface area (Å²) in [6.07, 6.45) is -0.247. The lowest BCUT2D eigenvalue weighted by Gasteiger charge is -2.36. The first-order valence-corrected chi connectivity index (χ1v) is 11.7. The molecule has 1 heterocycles. The van der Waals surface area contributed by atoms with Crippen molar-refractivity contribution in [3.8, 4) is 23.0 Å². The molecule has 0 saturated carbocycles. The number of hydrogen-bond donors (Lipinski definition) is 0. The van der Waals surface area contributed by atoms with E-state index in [0.717, 1.165) is 35.3 Å². The molecule has 1 fully saturated rings. The van der Waals surface area contributed by atoms with E-state index in [2.05, 4.69) is 34.9 Å². The number of amides is 1. The minimum Gasteiger partial charge on any atom is -0.444 e. The van der Waals surface area contributed by atoms with Gasteiger partial charge < -0.3 is 9.64 Å². The molecule has 6 heteroatoms. The van der Waals surface area contributed by atoms with Crippen molar-refractivity contribution in [1.29, 1.82) is 0 Å². The van der Waals surface area contributed by atoms with Gasteiger partial charge in [-0.1, -0.05) is 59.8 Å². The molecule has 0 aromatic heterocycles. The van der Waals surface area contributed by atoms with Crippen LogP contribution >= 0.6 is 11.6 Å². The summed E-state index contributed by atoms with van der Waals surface area (Å²) >= 11 is 6.92. The third kappa shape index (κ3) is 7.23. The summed E-state index contributed by atoms with van der Waals surface area (Å²) < 4.78 is 5.53. The van der Waals surface area contributed by atoms with Crippen LogP contribution in [-0.4, -0.2) is 73.2 Å². The molecule has 0 spiro atoms. The number of ether oxygens (including phenoxy) is 1. The van der Waals surface area contributed by atoms with Gasteiger partial charge in [0.2, 0.25) is 0 Å². The van der Waals surface area contributed by atoms with Gasteiger partial charge in [-0.2, -0.15) is 0 Å². The van der Waals surface area contributed by atoms with E-state index >= 15 is 0 Å². The molecule has 0 radical (unpaired) electrons. The first-order valence-electron chi connectivity index (χ1n) is 11.3. The van der Waals surface area contributed by atoms with Crippen molar-refractivity contribution in [1.82, 2.24) is 14.7 Å². The van der Waals surface area contributed by atoms with E-state index in [4.69, 9.17) is 16.3 Å². The SMILES string of the molecule is CN(C)CC#Cc1ccc(-c2ccccc2)c(CN2CCN(C(=O)OC(C)(C)C)CC2)c1Cl. The van der Waals surface area contributed by atoms with Gasteiger partial charge in [0.15, 0.2) is 0 Å². The summed E-state index contributed by atoms with van der Waals surface area (Å²) in [6.45, 7) is 9.85. The number of nitrogens with zero attached hydrogens (tertiary/aromatic N) is 3. The van der Waals surface area contributed by atoms with E-state index in [0.29, 0.717) is 31.2 Å². The Morgan fingerprint density at radius 2 is 1.73 bits per heavy atom. The van der Waals surface area contributed by atoms with E-state index in [1.165, 1.54) is 0 Å². The van der Waals surface area contributed by atoms with E-state index in [-0.39, 0.29) is 6.09 Å². The number of carbonyl (C=O) groups is 1. The molecule has 0 aliphatic carbocycles. The largest absolute Gasteiger partial charge is 0.444 e. The average molecular weight is 468 g/mol. The number of halogens is 1. The normalized spacial score (nSPS) is 14.7. The van der Waals surface area contributed by atoms with Crippen LogP contribution in [0.25, 0.3) is 11.1 Å². The minimum absolute atomic E-state index is 0.247. The van der Waals surface area contributed by atoms with Crippen molar-refractivity contribution in [3.05, 3.63) is 58.6 Å². The Kier molecular flexibility index (Phi) is 8.42. The summed E-state index contributed by atoms with van der Waals surface area (Å²) in [5.74, 6) is 6.42. The van der Waals surface area contributed by atoms with E-state index in [9.17, 15) is 4.79 Å². The fourth-order valence-corrected chi connectivity index (χ4v) is 3.96. The van der Waals surface area contributed by atoms with Crippen molar-refractivity contribution < 1.29 is 9.53 Å². The van der Waals surface area contributed by atoms with Crippen molar-refractivity contribution in [3.63, 3.8) is 0 Å². The fraction of sp³-hybridized carbons (Fsp3) is 0.444. The van der Waals surface area contributed by atoms with E-state index in [1.807, 2.05) is 64.0 Å². The molecule has 0 unspecified atom stereocenters. The molecule has 0 N–H and O–H groups in total. The maximum absolute atomic E-state index is 12.4. The highest BCUT2D eigenvalue weighted by Crippen LogP contribution is 2.33. The first kappa shape index (κ1) is 25.1. The van der Waals surface area contributed by atoms with Crippen LogP contribution in [0.3, 0.4) is 0 Å². The van der Waals surface area contributed by atoms with Gasteiger partial charge in [0.05, 0.1) is 11.6 Å². The monoisotopic (exact) mass is 467 g/mol.